The molecule has 0 aromatic rings. The van der Waals surface area contributed by atoms with Crippen LogP contribution in [0.15, 0.2) is 0 Å². The van der Waals surface area contributed by atoms with Crippen LogP contribution in [0.25, 0.3) is 0 Å². The summed E-state index contributed by atoms with van der Waals surface area (Å²) in [5.74, 6) is 1.26. The van der Waals surface area contributed by atoms with Crippen molar-refractivity contribution in [1.82, 2.24) is 10.2 Å². The van der Waals surface area contributed by atoms with Crippen LogP contribution in [0.1, 0.15) is 13.8 Å². The predicted molar refractivity (Wildman–Crippen MR) is 44.4 cm³/mol. The highest BCUT2D eigenvalue weighted by molar-refractivity contribution is 5.74. The van der Waals surface area contributed by atoms with Crippen molar-refractivity contribution < 1.29 is 4.79 Å². The van der Waals surface area contributed by atoms with E-state index in [-0.39, 0.29) is 6.03 Å². The first-order valence-corrected chi connectivity index (χ1v) is 4.10. The van der Waals surface area contributed by atoms with E-state index in [1.807, 2.05) is 7.05 Å². The van der Waals surface area contributed by atoms with Gasteiger partial charge in [-0.2, -0.15) is 0 Å². The SMILES string of the molecule is CC(C)C1CNC(=O)N(C)C1. The number of carbonyl (C=O) groups excluding carboxylic acids is 1. The summed E-state index contributed by atoms with van der Waals surface area (Å²) in [5, 5.41) is 2.85. The first-order valence-electron chi connectivity index (χ1n) is 4.10. The lowest BCUT2D eigenvalue weighted by Crippen LogP contribution is -2.50. The quantitative estimate of drug-likeness (QED) is 0.601. The van der Waals surface area contributed by atoms with Gasteiger partial charge in [0.1, 0.15) is 0 Å². The van der Waals surface area contributed by atoms with Gasteiger partial charge in [-0.15, -0.1) is 0 Å². The van der Waals surface area contributed by atoms with Crippen LogP contribution in [0.3, 0.4) is 0 Å². The van der Waals surface area contributed by atoms with Crippen LogP contribution >= 0.6 is 0 Å². The van der Waals surface area contributed by atoms with Gasteiger partial charge < -0.3 is 10.2 Å². The minimum atomic E-state index is 0.0573. The lowest BCUT2D eigenvalue weighted by atomic mass is 9.94. The molecule has 0 aromatic carbocycles. The maximum Gasteiger partial charge on any atom is 0.317 e. The fourth-order valence-electron chi connectivity index (χ4n) is 1.30. The Morgan fingerprint density at radius 2 is 2.27 bits per heavy atom. The number of carbonyl (C=O) groups is 1. The molecule has 1 unspecified atom stereocenters. The highest BCUT2D eigenvalue weighted by Gasteiger charge is 2.23. The first kappa shape index (κ1) is 8.37. The largest absolute Gasteiger partial charge is 0.338 e. The Kier molecular flexibility index (Phi) is 2.37. The van der Waals surface area contributed by atoms with Gasteiger partial charge in [-0.1, -0.05) is 13.8 Å². The number of rotatable bonds is 1. The van der Waals surface area contributed by atoms with Gasteiger partial charge in [0, 0.05) is 20.1 Å². The van der Waals surface area contributed by atoms with E-state index in [2.05, 4.69) is 19.2 Å². The van der Waals surface area contributed by atoms with Crippen molar-refractivity contribution in [2.45, 2.75) is 13.8 Å². The molecule has 3 nitrogen and oxygen atoms in total. The summed E-state index contributed by atoms with van der Waals surface area (Å²) in [6.07, 6.45) is 0. The average Bonchev–Trinajstić information content (AvgIpc) is 1.94. The van der Waals surface area contributed by atoms with Crippen LogP contribution in [-0.2, 0) is 0 Å². The van der Waals surface area contributed by atoms with E-state index < -0.39 is 0 Å². The van der Waals surface area contributed by atoms with E-state index in [4.69, 9.17) is 0 Å². The van der Waals surface area contributed by atoms with Gasteiger partial charge in [-0.3, -0.25) is 0 Å². The van der Waals surface area contributed by atoms with Crippen LogP contribution < -0.4 is 5.32 Å². The molecule has 1 saturated heterocycles. The highest BCUT2D eigenvalue weighted by atomic mass is 16.2. The number of hydrogen-bond acceptors (Lipinski definition) is 1. The molecule has 1 fully saturated rings. The molecule has 1 N–H and O–H groups in total. The summed E-state index contributed by atoms with van der Waals surface area (Å²) in [7, 11) is 1.84. The lowest BCUT2D eigenvalue weighted by molar-refractivity contribution is 0.168. The van der Waals surface area contributed by atoms with Gasteiger partial charge in [0.15, 0.2) is 0 Å². The summed E-state index contributed by atoms with van der Waals surface area (Å²) >= 11 is 0. The van der Waals surface area contributed by atoms with Crippen LogP contribution in [0, 0.1) is 11.8 Å². The van der Waals surface area contributed by atoms with Gasteiger partial charge >= 0.3 is 6.03 Å². The van der Waals surface area contributed by atoms with Crippen LogP contribution in [0.5, 0.6) is 0 Å². The molecular weight excluding hydrogens is 140 g/mol. The summed E-state index contributed by atoms with van der Waals surface area (Å²) in [4.78, 5) is 12.7. The van der Waals surface area contributed by atoms with Crippen molar-refractivity contribution in [2.75, 3.05) is 20.1 Å². The van der Waals surface area contributed by atoms with E-state index in [0.717, 1.165) is 13.1 Å². The monoisotopic (exact) mass is 156 g/mol. The van der Waals surface area contributed by atoms with Gasteiger partial charge in [0.05, 0.1) is 0 Å². The highest BCUT2D eigenvalue weighted by Crippen LogP contribution is 2.14. The Morgan fingerprint density at radius 3 is 2.73 bits per heavy atom. The van der Waals surface area contributed by atoms with E-state index in [1.165, 1.54) is 0 Å². The number of hydrogen-bond donors (Lipinski definition) is 1. The summed E-state index contributed by atoms with van der Waals surface area (Å²) in [6.45, 7) is 6.11. The topological polar surface area (TPSA) is 32.3 Å². The van der Waals surface area contributed by atoms with Crippen molar-refractivity contribution in [1.29, 1.82) is 0 Å². The second-order valence-corrected chi connectivity index (χ2v) is 3.57. The summed E-state index contributed by atoms with van der Waals surface area (Å²) in [5.41, 5.74) is 0. The maximum absolute atomic E-state index is 11.0. The molecule has 0 bridgehead atoms. The molecule has 0 aliphatic carbocycles. The van der Waals surface area contributed by atoms with Crippen molar-refractivity contribution >= 4 is 6.03 Å². The molecular formula is C8H16N2O. The number of urea groups is 1. The molecule has 2 amide bonds. The molecule has 1 heterocycles. The third-order valence-electron chi connectivity index (χ3n) is 2.31. The minimum Gasteiger partial charge on any atom is -0.338 e. The Morgan fingerprint density at radius 1 is 1.64 bits per heavy atom. The second kappa shape index (κ2) is 3.11. The van der Waals surface area contributed by atoms with Crippen molar-refractivity contribution in [3.05, 3.63) is 0 Å². The van der Waals surface area contributed by atoms with E-state index >= 15 is 0 Å². The number of amides is 2. The van der Waals surface area contributed by atoms with Gasteiger partial charge in [0.25, 0.3) is 0 Å². The van der Waals surface area contributed by atoms with Gasteiger partial charge in [-0.25, -0.2) is 4.79 Å². The normalized spacial score (nSPS) is 25.6. The zero-order chi connectivity index (χ0) is 8.43. The molecule has 1 atom stereocenters. The third kappa shape index (κ3) is 1.85. The molecule has 1 rings (SSSR count). The maximum atomic E-state index is 11.0. The van der Waals surface area contributed by atoms with E-state index in [0.29, 0.717) is 11.8 Å². The van der Waals surface area contributed by atoms with Crippen molar-refractivity contribution in [2.24, 2.45) is 11.8 Å². The zero-order valence-corrected chi connectivity index (χ0v) is 7.42. The molecule has 1 aliphatic heterocycles. The summed E-state index contributed by atoms with van der Waals surface area (Å²) in [6, 6.07) is 0.0573. The molecule has 0 spiro atoms. The van der Waals surface area contributed by atoms with Crippen molar-refractivity contribution in [3.8, 4) is 0 Å². The second-order valence-electron chi connectivity index (χ2n) is 3.57. The van der Waals surface area contributed by atoms with Gasteiger partial charge in [0.2, 0.25) is 0 Å². The number of nitrogens with zero attached hydrogens (tertiary/aromatic N) is 1. The molecule has 0 radical (unpaired) electrons. The Bertz CT molecular complexity index is 156. The molecule has 3 heteroatoms. The van der Waals surface area contributed by atoms with Crippen LogP contribution in [0.2, 0.25) is 0 Å². The lowest BCUT2D eigenvalue weighted by Gasteiger charge is -2.32. The Balaban J connectivity index is 2.46. The molecule has 1 aliphatic rings. The van der Waals surface area contributed by atoms with Crippen LogP contribution in [0.4, 0.5) is 4.79 Å². The standard InChI is InChI=1S/C8H16N2O/c1-6(2)7-4-9-8(11)10(3)5-7/h6-7H,4-5H2,1-3H3,(H,9,11). The number of nitrogens with one attached hydrogen (secondary N) is 1. The summed E-state index contributed by atoms with van der Waals surface area (Å²) < 4.78 is 0. The predicted octanol–water partition coefficient (Wildman–Crippen LogP) is 0.914. The van der Waals surface area contributed by atoms with Gasteiger partial charge in [-0.05, 0) is 11.8 Å². The molecule has 64 valence electrons. The minimum absolute atomic E-state index is 0.0573. The van der Waals surface area contributed by atoms with Crippen molar-refractivity contribution in [3.63, 3.8) is 0 Å². The van der Waals surface area contributed by atoms with E-state index in [9.17, 15) is 4.79 Å². The Hall–Kier alpha value is -0.730. The third-order valence-corrected chi connectivity index (χ3v) is 2.31. The fourth-order valence-corrected chi connectivity index (χ4v) is 1.30. The first-order chi connectivity index (χ1) is 5.11. The molecule has 11 heavy (non-hydrogen) atoms. The molecule has 0 aromatic heterocycles. The zero-order valence-electron chi connectivity index (χ0n) is 7.42. The average molecular weight is 156 g/mol. The Labute approximate surface area is 67.8 Å². The molecule has 0 saturated carbocycles. The smallest absolute Gasteiger partial charge is 0.317 e. The van der Waals surface area contributed by atoms with Crippen LogP contribution in [-0.4, -0.2) is 31.1 Å². The fraction of sp³-hybridized carbons (Fsp3) is 0.875. The van der Waals surface area contributed by atoms with E-state index in [1.54, 1.807) is 4.90 Å².